The van der Waals surface area contributed by atoms with E-state index in [1.165, 1.54) is 16.6 Å². The summed E-state index contributed by atoms with van der Waals surface area (Å²) in [6.45, 7) is 2.61. The molecule has 0 unspecified atom stereocenters. The van der Waals surface area contributed by atoms with E-state index in [9.17, 15) is 4.79 Å². The summed E-state index contributed by atoms with van der Waals surface area (Å²) < 4.78 is 0. The molecule has 3 aromatic rings. The minimum atomic E-state index is 0.0540. The number of hydrogen-bond donors (Lipinski definition) is 1. The molecule has 1 aromatic carbocycles. The molecule has 0 aliphatic heterocycles. The minimum Gasteiger partial charge on any atom is -0.312 e. The molecule has 0 spiro atoms. The predicted molar refractivity (Wildman–Crippen MR) is 98.7 cm³/mol. The first-order valence-electron chi connectivity index (χ1n) is 7.68. The van der Waals surface area contributed by atoms with E-state index in [1.54, 1.807) is 16.2 Å². The zero-order valence-electron chi connectivity index (χ0n) is 13.3. The van der Waals surface area contributed by atoms with E-state index < -0.39 is 0 Å². The molecule has 2 heterocycles. The molecular formula is C17H18N4OS2. The summed E-state index contributed by atoms with van der Waals surface area (Å²) in [5.74, 6) is 1.19. The lowest BCUT2D eigenvalue weighted by atomic mass is 10.3. The summed E-state index contributed by atoms with van der Waals surface area (Å²) in [5, 5.41) is 9.78. The maximum absolute atomic E-state index is 12.5. The van der Waals surface area contributed by atoms with Gasteiger partial charge in [0.25, 0.3) is 0 Å². The number of benzene rings is 1. The Morgan fingerprint density at radius 1 is 1.25 bits per heavy atom. The number of nitrogens with one attached hydrogen (secondary N) is 1. The quantitative estimate of drug-likeness (QED) is 0.656. The third-order valence-corrected chi connectivity index (χ3v) is 5.15. The van der Waals surface area contributed by atoms with E-state index >= 15 is 0 Å². The molecule has 1 N–H and O–H groups in total. The van der Waals surface area contributed by atoms with Gasteiger partial charge in [0.1, 0.15) is 5.82 Å². The zero-order valence-corrected chi connectivity index (χ0v) is 14.9. The van der Waals surface area contributed by atoms with Crippen molar-refractivity contribution < 1.29 is 4.79 Å². The molecule has 2 aromatic heterocycles. The number of para-hydroxylation sites is 1. The van der Waals surface area contributed by atoms with E-state index in [0.29, 0.717) is 17.5 Å². The van der Waals surface area contributed by atoms with Crippen molar-refractivity contribution >= 4 is 34.7 Å². The number of aromatic nitrogens is 3. The van der Waals surface area contributed by atoms with Gasteiger partial charge in [-0.3, -0.25) is 9.89 Å². The van der Waals surface area contributed by atoms with Crippen molar-refractivity contribution in [2.45, 2.75) is 18.5 Å². The lowest BCUT2D eigenvalue weighted by molar-refractivity contribution is -0.116. The molecule has 124 valence electrons. The summed E-state index contributed by atoms with van der Waals surface area (Å²) in [4.78, 5) is 19.9. The van der Waals surface area contributed by atoms with E-state index in [2.05, 4.69) is 21.2 Å². The van der Waals surface area contributed by atoms with Crippen molar-refractivity contribution in [2.24, 2.45) is 0 Å². The summed E-state index contributed by atoms with van der Waals surface area (Å²) in [6, 6.07) is 13.8. The van der Waals surface area contributed by atoms with Gasteiger partial charge in [-0.05, 0) is 30.5 Å². The predicted octanol–water partition coefficient (Wildman–Crippen LogP) is 3.60. The van der Waals surface area contributed by atoms with Crippen molar-refractivity contribution in [3.63, 3.8) is 0 Å². The highest BCUT2D eigenvalue weighted by Crippen LogP contribution is 2.19. The number of nitrogens with zero attached hydrogens (tertiary/aromatic N) is 3. The third-order valence-electron chi connectivity index (χ3n) is 3.44. The standard InChI is InChI=1S/C17H18N4OS2/c1-2-21(13-7-4-3-5-8-13)16(22)12-24-17-18-15(19-20-17)11-14-9-6-10-23-14/h3-10H,2,11-12H2,1H3,(H,18,19,20). The Balaban J connectivity index is 1.57. The zero-order chi connectivity index (χ0) is 16.8. The topological polar surface area (TPSA) is 61.9 Å². The summed E-state index contributed by atoms with van der Waals surface area (Å²) >= 11 is 3.05. The Labute approximate surface area is 149 Å². The van der Waals surface area contributed by atoms with Gasteiger partial charge < -0.3 is 4.90 Å². The van der Waals surface area contributed by atoms with Gasteiger partial charge in [0.15, 0.2) is 0 Å². The first-order valence-corrected chi connectivity index (χ1v) is 9.54. The Morgan fingerprint density at radius 3 is 2.79 bits per heavy atom. The molecule has 0 bridgehead atoms. The number of carbonyl (C=O) groups excluding carboxylic acids is 1. The van der Waals surface area contributed by atoms with Crippen LogP contribution >= 0.6 is 23.1 Å². The van der Waals surface area contributed by atoms with Crippen molar-refractivity contribution in [1.29, 1.82) is 0 Å². The summed E-state index contributed by atoms with van der Waals surface area (Å²) in [5.41, 5.74) is 0.916. The fourth-order valence-corrected chi connectivity index (χ4v) is 3.72. The van der Waals surface area contributed by atoms with Crippen LogP contribution in [0.3, 0.4) is 0 Å². The molecule has 0 aliphatic carbocycles. The van der Waals surface area contributed by atoms with Gasteiger partial charge in [0.05, 0.1) is 5.75 Å². The van der Waals surface area contributed by atoms with E-state index in [4.69, 9.17) is 0 Å². The highest BCUT2D eigenvalue weighted by Gasteiger charge is 2.15. The number of H-pyrrole nitrogens is 1. The highest BCUT2D eigenvalue weighted by molar-refractivity contribution is 7.99. The molecule has 7 heteroatoms. The number of rotatable bonds is 7. The summed E-state index contributed by atoms with van der Waals surface area (Å²) in [7, 11) is 0. The Kier molecular flexibility index (Phi) is 5.66. The number of aromatic amines is 1. The largest absolute Gasteiger partial charge is 0.312 e. The fraction of sp³-hybridized carbons (Fsp3) is 0.235. The Morgan fingerprint density at radius 2 is 2.08 bits per heavy atom. The molecule has 24 heavy (non-hydrogen) atoms. The first kappa shape index (κ1) is 16.7. The molecule has 0 saturated carbocycles. The molecule has 3 rings (SSSR count). The third kappa shape index (κ3) is 4.24. The summed E-state index contributed by atoms with van der Waals surface area (Å²) in [6.07, 6.45) is 0.740. The number of amides is 1. The monoisotopic (exact) mass is 358 g/mol. The smallest absolute Gasteiger partial charge is 0.237 e. The maximum atomic E-state index is 12.5. The van der Waals surface area contributed by atoms with Gasteiger partial charge in [-0.2, -0.15) is 0 Å². The molecule has 0 fully saturated rings. The van der Waals surface area contributed by atoms with Gasteiger partial charge in [0, 0.05) is 23.5 Å². The number of hydrogen-bond acceptors (Lipinski definition) is 5. The van der Waals surface area contributed by atoms with Gasteiger partial charge in [-0.25, -0.2) is 4.98 Å². The van der Waals surface area contributed by atoms with Crippen LogP contribution in [0.2, 0.25) is 0 Å². The van der Waals surface area contributed by atoms with Crippen LogP contribution in [0.25, 0.3) is 0 Å². The average Bonchev–Trinajstić information content (AvgIpc) is 3.27. The van der Waals surface area contributed by atoms with E-state index in [1.807, 2.05) is 48.7 Å². The van der Waals surface area contributed by atoms with Gasteiger partial charge in [0.2, 0.25) is 11.1 Å². The van der Waals surface area contributed by atoms with Crippen molar-refractivity contribution in [2.75, 3.05) is 17.2 Å². The average molecular weight is 358 g/mol. The van der Waals surface area contributed by atoms with Gasteiger partial charge >= 0.3 is 0 Å². The van der Waals surface area contributed by atoms with Crippen LogP contribution in [-0.2, 0) is 11.2 Å². The molecule has 0 radical (unpaired) electrons. The van der Waals surface area contributed by atoms with Crippen molar-refractivity contribution in [1.82, 2.24) is 15.2 Å². The van der Waals surface area contributed by atoms with Gasteiger partial charge in [-0.1, -0.05) is 36.0 Å². The number of thiophene rings is 1. The Hall–Kier alpha value is -2.12. The van der Waals surface area contributed by atoms with Crippen LogP contribution in [0.15, 0.2) is 53.0 Å². The second kappa shape index (κ2) is 8.12. The second-order valence-electron chi connectivity index (χ2n) is 5.08. The molecule has 0 saturated heterocycles. The lowest BCUT2D eigenvalue weighted by Gasteiger charge is -2.20. The normalized spacial score (nSPS) is 10.7. The molecule has 0 aliphatic rings. The van der Waals surface area contributed by atoms with Crippen molar-refractivity contribution in [3.8, 4) is 0 Å². The number of carbonyl (C=O) groups is 1. The number of anilines is 1. The van der Waals surface area contributed by atoms with E-state index in [0.717, 1.165) is 17.9 Å². The SMILES string of the molecule is CCN(C(=O)CSc1n[nH]c(Cc2cccs2)n1)c1ccccc1. The van der Waals surface area contributed by atoms with Crippen LogP contribution in [0.4, 0.5) is 5.69 Å². The van der Waals surface area contributed by atoms with Crippen LogP contribution in [0.1, 0.15) is 17.6 Å². The second-order valence-corrected chi connectivity index (χ2v) is 7.06. The molecule has 5 nitrogen and oxygen atoms in total. The van der Waals surface area contributed by atoms with Crippen LogP contribution in [-0.4, -0.2) is 33.4 Å². The van der Waals surface area contributed by atoms with Crippen LogP contribution < -0.4 is 4.90 Å². The fourth-order valence-electron chi connectivity index (χ4n) is 2.31. The number of thioether (sulfide) groups is 1. The van der Waals surface area contributed by atoms with Crippen LogP contribution in [0.5, 0.6) is 0 Å². The van der Waals surface area contributed by atoms with E-state index in [-0.39, 0.29) is 5.91 Å². The molecular weight excluding hydrogens is 340 g/mol. The first-order chi connectivity index (χ1) is 11.8. The minimum absolute atomic E-state index is 0.0540. The van der Waals surface area contributed by atoms with Gasteiger partial charge in [-0.15, -0.1) is 16.4 Å². The molecule has 1 amide bonds. The molecule has 0 atom stereocenters. The highest BCUT2D eigenvalue weighted by atomic mass is 32.2. The Bertz CT molecular complexity index is 771. The lowest BCUT2D eigenvalue weighted by Crippen LogP contribution is -2.32. The maximum Gasteiger partial charge on any atom is 0.237 e. The van der Waals surface area contributed by atoms with Crippen LogP contribution in [0, 0.1) is 0 Å². The van der Waals surface area contributed by atoms with Crippen molar-refractivity contribution in [3.05, 3.63) is 58.5 Å².